The molecule has 2 bridgehead atoms. The smallest absolute Gasteiger partial charge is 0.133 e. The second-order valence-corrected chi connectivity index (χ2v) is 9.23. The summed E-state index contributed by atoms with van der Waals surface area (Å²) in [4.78, 5) is 15.3. The van der Waals surface area contributed by atoms with Crippen LogP contribution in [0.15, 0.2) is 12.6 Å². The van der Waals surface area contributed by atoms with Crippen molar-refractivity contribution >= 4 is 11.4 Å². The zero-order valence-corrected chi connectivity index (χ0v) is 16.0. The standard InChI is InChI=1S/C23H29NO2/c1-13(2)17-10-14(3)22(26)21-18(17)11-20-19-7-6-16(25)12-23(19,21)8-9-24(20)15-4-5-15/h10,15,19-20,26H,1,4-9,11-12H2,2-3H3/t19?,20?,23-/m1/s1. The number of Topliss-reactive ketones (excluding diaryl/α,β-unsaturated/α-hetero) is 1. The van der Waals surface area contributed by atoms with Crippen LogP contribution in [0.5, 0.6) is 5.75 Å². The molecule has 3 nitrogen and oxygen atoms in total. The van der Waals surface area contributed by atoms with E-state index in [0.717, 1.165) is 55.0 Å². The van der Waals surface area contributed by atoms with Crippen LogP contribution in [0.3, 0.4) is 0 Å². The Bertz CT molecular complexity index is 822. The minimum absolute atomic E-state index is 0.153. The first kappa shape index (κ1) is 16.6. The number of allylic oxidation sites excluding steroid dienone is 1. The highest BCUT2D eigenvalue weighted by Crippen LogP contribution is 2.59. The summed E-state index contributed by atoms with van der Waals surface area (Å²) in [6.45, 7) is 9.35. The van der Waals surface area contributed by atoms with E-state index in [1.807, 2.05) is 6.92 Å². The quantitative estimate of drug-likeness (QED) is 0.871. The Hall–Kier alpha value is -1.61. The van der Waals surface area contributed by atoms with Crippen molar-refractivity contribution in [2.75, 3.05) is 6.54 Å². The van der Waals surface area contributed by atoms with Crippen LogP contribution in [-0.2, 0) is 16.6 Å². The van der Waals surface area contributed by atoms with Gasteiger partial charge in [0.1, 0.15) is 11.5 Å². The van der Waals surface area contributed by atoms with Gasteiger partial charge in [-0.2, -0.15) is 0 Å². The molecule has 26 heavy (non-hydrogen) atoms. The molecule has 1 aliphatic heterocycles. The minimum Gasteiger partial charge on any atom is -0.507 e. The number of piperidine rings is 1. The molecule has 3 aliphatic carbocycles. The number of rotatable bonds is 2. The molecule has 1 N–H and O–H groups in total. The highest BCUT2D eigenvalue weighted by atomic mass is 16.3. The number of benzene rings is 1. The lowest BCUT2D eigenvalue weighted by atomic mass is 9.51. The summed E-state index contributed by atoms with van der Waals surface area (Å²) in [5.74, 6) is 1.33. The highest BCUT2D eigenvalue weighted by molar-refractivity contribution is 5.83. The van der Waals surface area contributed by atoms with Crippen molar-refractivity contribution in [2.24, 2.45) is 5.92 Å². The fraction of sp³-hybridized carbons (Fsp3) is 0.609. The molecule has 1 aromatic rings. The molecule has 0 spiro atoms. The van der Waals surface area contributed by atoms with Crippen molar-refractivity contribution < 1.29 is 9.90 Å². The summed E-state index contributed by atoms with van der Waals surface area (Å²) < 4.78 is 0. The van der Waals surface area contributed by atoms with E-state index in [-0.39, 0.29) is 5.41 Å². The Morgan fingerprint density at radius 1 is 1.35 bits per heavy atom. The SMILES string of the molecule is C=C(C)c1cc(C)c(O)c2c1CC1C3CCC(=O)C[C@@]23CCN1C1CC1. The Balaban J connectivity index is 1.76. The molecule has 5 rings (SSSR count). The highest BCUT2D eigenvalue weighted by Gasteiger charge is 2.58. The van der Waals surface area contributed by atoms with Crippen LogP contribution in [-0.4, -0.2) is 34.4 Å². The Morgan fingerprint density at radius 2 is 2.12 bits per heavy atom. The number of carbonyl (C=O) groups is 1. The first-order valence-corrected chi connectivity index (χ1v) is 10.2. The second-order valence-electron chi connectivity index (χ2n) is 9.23. The molecular weight excluding hydrogens is 322 g/mol. The van der Waals surface area contributed by atoms with Gasteiger partial charge in [0.05, 0.1) is 0 Å². The van der Waals surface area contributed by atoms with Crippen LogP contribution in [0.2, 0.25) is 0 Å². The van der Waals surface area contributed by atoms with Gasteiger partial charge in [-0.25, -0.2) is 0 Å². The molecule has 138 valence electrons. The molecule has 1 saturated heterocycles. The average Bonchev–Trinajstić information content (AvgIpc) is 3.41. The van der Waals surface area contributed by atoms with Crippen LogP contribution < -0.4 is 0 Å². The van der Waals surface area contributed by atoms with Crippen molar-refractivity contribution in [1.82, 2.24) is 4.90 Å². The Labute approximate surface area is 156 Å². The van der Waals surface area contributed by atoms with Gasteiger partial charge in [0.15, 0.2) is 0 Å². The number of aromatic hydroxyl groups is 1. The summed E-state index contributed by atoms with van der Waals surface area (Å²) in [5.41, 5.74) is 5.43. The van der Waals surface area contributed by atoms with E-state index in [2.05, 4.69) is 24.5 Å². The number of fused-ring (bicyclic) bond motifs is 1. The predicted octanol–water partition coefficient (Wildman–Crippen LogP) is 4.13. The lowest BCUT2D eigenvalue weighted by Crippen LogP contribution is -2.62. The van der Waals surface area contributed by atoms with Crippen LogP contribution in [0, 0.1) is 12.8 Å². The van der Waals surface area contributed by atoms with Gasteiger partial charge in [-0.1, -0.05) is 12.2 Å². The number of nitrogens with zero attached hydrogens (tertiary/aromatic N) is 1. The number of phenolic OH excluding ortho intramolecular Hbond substituents is 1. The molecule has 1 heterocycles. The Morgan fingerprint density at radius 3 is 2.81 bits per heavy atom. The van der Waals surface area contributed by atoms with Crippen molar-refractivity contribution in [2.45, 2.75) is 76.3 Å². The van der Waals surface area contributed by atoms with Crippen molar-refractivity contribution in [1.29, 1.82) is 0 Å². The zero-order chi connectivity index (χ0) is 18.2. The van der Waals surface area contributed by atoms with E-state index in [9.17, 15) is 9.90 Å². The van der Waals surface area contributed by atoms with Crippen LogP contribution in [0.1, 0.15) is 67.7 Å². The number of aryl methyl sites for hydroxylation is 1. The lowest BCUT2D eigenvalue weighted by molar-refractivity contribution is -0.127. The first-order chi connectivity index (χ1) is 12.4. The fourth-order valence-electron chi connectivity index (χ4n) is 6.43. The van der Waals surface area contributed by atoms with Crippen LogP contribution >= 0.6 is 0 Å². The molecule has 1 aromatic carbocycles. The third-order valence-electron chi connectivity index (χ3n) is 7.65. The Kier molecular flexibility index (Phi) is 3.47. The second kappa shape index (κ2) is 5.45. The number of ketones is 1. The van der Waals surface area contributed by atoms with Gasteiger partial charge in [-0.3, -0.25) is 9.69 Å². The van der Waals surface area contributed by atoms with Crippen LogP contribution in [0.25, 0.3) is 5.57 Å². The summed E-state index contributed by atoms with van der Waals surface area (Å²) >= 11 is 0. The van der Waals surface area contributed by atoms with Gasteiger partial charge in [0.25, 0.3) is 0 Å². The van der Waals surface area contributed by atoms with E-state index in [4.69, 9.17) is 0 Å². The third kappa shape index (κ3) is 2.13. The average molecular weight is 351 g/mol. The molecule has 4 aliphatic rings. The number of hydrogen-bond donors (Lipinski definition) is 1. The van der Waals surface area contributed by atoms with E-state index in [1.165, 1.54) is 24.0 Å². The monoisotopic (exact) mass is 351 g/mol. The van der Waals surface area contributed by atoms with Gasteiger partial charge >= 0.3 is 0 Å². The van der Waals surface area contributed by atoms with Crippen LogP contribution in [0.4, 0.5) is 0 Å². The lowest BCUT2D eigenvalue weighted by Gasteiger charge is -2.59. The summed E-state index contributed by atoms with van der Waals surface area (Å²) in [6, 6.07) is 3.39. The first-order valence-electron chi connectivity index (χ1n) is 10.2. The number of phenols is 1. The van der Waals surface area contributed by atoms with E-state index in [0.29, 0.717) is 29.9 Å². The third-order valence-corrected chi connectivity index (χ3v) is 7.65. The van der Waals surface area contributed by atoms with Crippen molar-refractivity contribution in [3.8, 4) is 5.75 Å². The molecule has 2 saturated carbocycles. The van der Waals surface area contributed by atoms with Crippen molar-refractivity contribution in [3.05, 3.63) is 34.9 Å². The normalized spacial score (nSPS) is 33.5. The van der Waals surface area contributed by atoms with Gasteiger partial charge in [0.2, 0.25) is 0 Å². The summed E-state index contributed by atoms with van der Waals surface area (Å²) in [7, 11) is 0. The predicted molar refractivity (Wildman–Crippen MR) is 103 cm³/mol. The molecule has 2 unspecified atom stereocenters. The summed E-state index contributed by atoms with van der Waals surface area (Å²) in [6.07, 6.45) is 6.99. The van der Waals surface area contributed by atoms with Gasteiger partial charge in [-0.05, 0) is 81.2 Å². The largest absolute Gasteiger partial charge is 0.507 e. The van der Waals surface area contributed by atoms with E-state index >= 15 is 0 Å². The molecule has 3 fully saturated rings. The van der Waals surface area contributed by atoms with E-state index in [1.54, 1.807) is 0 Å². The zero-order valence-electron chi connectivity index (χ0n) is 16.0. The van der Waals surface area contributed by atoms with Gasteiger partial charge in [-0.15, -0.1) is 0 Å². The van der Waals surface area contributed by atoms with E-state index < -0.39 is 0 Å². The molecule has 0 amide bonds. The minimum atomic E-state index is -0.153. The molecule has 3 atom stereocenters. The number of likely N-dealkylation sites (tertiary alicyclic amines) is 1. The number of hydrogen-bond acceptors (Lipinski definition) is 3. The molecule has 0 radical (unpaired) electrons. The maximum Gasteiger partial charge on any atom is 0.133 e. The maximum absolute atomic E-state index is 12.6. The molecule has 0 aromatic heterocycles. The fourth-order valence-corrected chi connectivity index (χ4v) is 6.43. The number of carbonyl (C=O) groups excluding carboxylic acids is 1. The molecule has 3 heteroatoms. The maximum atomic E-state index is 12.6. The van der Waals surface area contributed by atoms with Gasteiger partial charge < -0.3 is 5.11 Å². The summed E-state index contributed by atoms with van der Waals surface area (Å²) in [5, 5.41) is 11.1. The molecular formula is C23H29NO2. The topological polar surface area (TPSA) is 40.5 Å². The van der Waals surface area contributed by atoms with Gasteiger partial charge in [0, 0.05) is 35.9 Å². The van der Waals surface area contributed by atoms with Crippen molar-refractivity contribution in [3.63, 3.8) is 0 Å².